The topological polar surface area (TPSA) is 89.3 Å². The lowest BCUT2D eigenvalue weighted by atomic mass is 9.76. The lowest BCUT2D eigenvalue weighted by Crippen LogP contribution is -2.49. The molecule has 2 aromatic rings. The maximum absolute atomic E-state index is 13.1. The van der Waals surface area contributed by atoms with Gasteiger partial charge < -0.3 is 11.1 Å². The van der Waals surface area contributed by atoms with Gasteiger partial charge in [0.25, 0.3) is 0 Å². The fourth-order valence-electron chi connectivity index (χ4n) is 3.48. The van der Waals surface area contributed by atoms with E-state index in [0.717, 1.165) is 11.1 Å². The number of halogens is 2. The highest BCUT2D eigenvalue weighted by Gasteiger charge is 2.34. The van der Waals surface area contributed by atoms with Crippen LogP contribution in [0.4, 0.5) is 0 Å². The Morgan fingerprint density at radius 2 is 1.62 bits per heavy atom. The number of carbonyl (C=O) groups excluding carboxylic acids is 3. The number of hydrogen-bond donors (Lipinski definition) is 2. The summed E-state index contributed by atoms with van der Waals surface area (Å²) in [6.07, 6.45) is 1.17. The van der Waals surface area contributed by atoms with Crippen molar-refractivity contribution in [3.05, 3.63) is 69.7 Å². The first kappa shape index (κ1) is 25.9. The summed E-state index contributed by atoms with van der Waals surface area (Å²) in [4.78, 5) is 37.8. The average Bonchev–Trinajstić information content (AvgIpc) is 2.71. The van der Waals surface area contributed by atoms with Gasteiger partial charge in [-0.2, -0.15) is 0 Å². The normalized spacial score (nSPS) is 13.3. The third-order valence-corrected chi connectivity index (χ3v) is 6.14. The van der Waals surface area contributed by atoms with Crippen LogP contribution in [-0.4, -0.2) is 23.6 Å². The van der Waals surface area contributed by atoms with E-state index in [-0.39, 0.29) is 24.5 Å². The predicted octanol–water partition coefficient (Wildman–Crippen LogP) is 4.76. The third-order valence-electron chi connectivity index (χ3n) is 5.40. The molecular weight excluding hydrogens is 447 g/mol. The summed E-state index contributed by atoms with van der Waals surface area (Å²) in [5.41, 5.74) is 6.84. The quantitative estimate of drug-likeness (QED) is 0.517. The SMILES string of the molecule is CC(C)(C)C(CC(=O)Cc1ccc(Cl)c(Cl)c1)C(=O)NC(CCc1ccccc1)C(N)=O. The Balaban J connectivity index is 2.05. The molecule has 172 valence electrons. The lowest BCUT2D eigenvalue weighted by molar-refractivity contribution is -0.135. The van der Waals surface area contributed by atoms with Gasteiger partial charge >= 0.3 is 0 Å². The number of Topliss-reactive ketones (excluding diaryl/α,β-unsaturated/α-hetero) is 1. The fraction of sp³-hybridized carbons (Fsp3) is 0.400. The molecule has 0 saturated carbocycles. The Kier molecular flexibility index (Phi) is 9.29. The number of benzene rings is 2. The first-order valence-electron chi connectivity index (χ1n) is 10.6. The van der Waals surface area contributed by atoms with Crippen LogP contribution in [0.5, 0.6) is 0 Å². The summed E-state index contributed by atoms with van der Waals surface area (Å²) < 4.78 is 0. The van der Waals surface area contributed by atoms with E-state index in [1.54, 1.807) is 18.2 Å². The number of aryl methyl sites for hydroxylation is 1. The van der Waals surface area contributed by atoms with Gasteiger partial charge in [0.2, 0.25) is 11.8 Å². The molecule has 0 aliphatic carbocycles. The van der Waals surface area contributed by atoms with Gasteiger partial charge in [-0.05, 0) is 41.5 Å². The summed E-state index contributed by atoms with van der Waals surface area (Å²) in [6.45, 7) is 5.69. The first-order chi connectivity index (χ1) is 15.0. The molecule has 7 heteroatoms. The van der Waals surface area contributed by atoms with Gasteiger partial charge in [-0.3, -0.25) is 14.4 Å². The Bertz CT molecular complexity index is 955. The molecule has 0 spiro atoms. The van der Waals surface area contributed by atoms with Gasteiger partial charge in [0.1, 0.15) is 11.8 Å². The maximum atomic E-state index is 13.1. The average molecular weight is 477 g/mol. The van der Waals surface area contributed by atoms with E-state index in [1.165, 1.54) is 0 Å². The summed E-state index contributed by atoms with van der Waals surface area (Å²) in [5, 5.41) is 3.57. The highest BCUT2D eigenvalue weighted by molar-refractivity contribution is 6.42. The zero-order valence-electron chi connectivity index (χ0n) is 18.7. The van der Waals surface area contributed by atoms with Crippen LogP contribution in [0.3, 0.4) is 0 Å². The molecule has 0 radical (unpaired) electrons. The summed E-state index contributed by atoms with van der Waals surface area (Å²) in [7, 11) is 0. The van der Waals surface area contributed by atoms with Gasteiger partial charge in [0.05, 0.1) is 10.0 Å². The number of carbonyl (C=O) groups is 3. The van der Waals surface area contributed by atoms with Gasteiger partial charge in [0, 0.05) is 18.8 Å². The molecule has 0 aliphatic rings. The van der Waals surface area contributed by atoms with Crippen molar-refractivity contribution in [2.24, 2.45) is 17.1 Å². The second-order valence-electron chi connectivity index (χ2n) is 9.07. The molecule has 0 saturated heterocycles. The maximum Gasteiger partial charge on any atom is 0.240 e. The monoisotopic (exact) mass is 476 g/mol. The van der Waals surface area contributed by atoms with E-state index in [0.29, 0.717) is 22.9 Å². The van der Waals surface area contributed by atoms with Crippen LogP contribution in [0.15, 0.2) is 48.5 Å². The van der Waals surface area contributed by atoms with E-state index in [1.807, 2.05) is 51.1 Å². The van der Waals surface area contributed by atoms with Crippen molar-refractivity contribution in [1.29, 1.82) is 0 Å². The molecule has 2 aromatic carbocycles. The van der Waals surface area contributed by atoms with Crippen molar-refractivity contribution in [1.82, 2.24) is 5.32 Å². The van der Waals surface area contributed by atoms with E-state index >= 15 is 0 Å². The van der Waals surface area contributed by atoms with Crippen LogP contribution in [0, 0.1) is 11.3 Å². The zero-order valence-corrected chi connectivity index (χ0v) is 20.2. The van der Waals surface area contributed by atoms with E-state index in [2.05, 4.69) is 5.32 Å². The van der Waals surface area contributed by atoms with Gasteiger partial charge in [-0.25, -0.2) is 0 Å². The molecule has 2 unspecified atom stereocenters. The van der Waals surface area contributed by atoms with E-state index in [4.69, 9.17) is 28.9 Å². The zero-order chi connectivity index (χ0) is 23.9. The van der Waals surface area contributed by atoms with Crippen molar-refractivity contribution >= 4 is 40.8 Å². The molecule has 0 aromatic heterocycles. The van der Waals surface area contributed by atoms with Crippen molar-refractivity contribution in [3.63, 3.8) is 0 Å². The molecule has 0 heterocycles. The minimum Gasteiger partial charge on any atom is -0.368 e. The van der Waals surface area contributed by atoms with Gasteiger partial charge in [-0.15, -0.1) is 0 Å². The number of nitrogens with two attached hydrogens (primary N) is 1. The van der Waals surface area contributed by atoms with Crippen LogP contribution < -0.4 is 11.1 Å². The van der Waals surface area contributed by atoms with Crippen molar-refractivity contribution in [2.75, 3.05) is 0 Å². The summed E-state index contributed by atoms with van der Waals surface area (Å²) in [6, 6.07) is 13.9. The van der Waals surface area contributed by atoms with E-state index in [9.17, 15) is 14.4 Å². The standard InChI is InChI=1S/C25H30Cl2N2O3/c1-25(2,3)19(15-18(30)13-17-9-11-20(26)21(27)14-17)24(32)29-22(23(28)31)12-10-16-7-5-4-6-8-16/h4-9,11,14,19,22H,10,12-13,15H2,1-3H3,(H2,28,31)(H,29,32). The largest absolute Gasteiger partial charge is 0.368 e. The smallest absolute Gasteiger partial charge is 0.240 e. The molecule has 0 fully saturated rings. The van der Waals surface area contributed by atoms with Crippen LogP contribution in [0.1, 0.15) is 44.7 Å². The highest BCUT2D eigenvalue weighted by Crippen LogP contribution is 2.30. The molecule has 2 atom stereocenters. The molecule has 2 rings (SSSR count). The Morgan fingerprint density at radius 1 is 0.969 bits per heavy atom. The molecule has 0 bridgehead atoms. The lowest BCUT2D eigenvalue weighted by Gasteiger charge is -2.30. The van der Waals surface area contributed by atoms with Gasteiger partial charge in [-0.1, -0.05) is 80.4 Å². The molecule has 32 heavy (non-hydrogen) atoms. The molecule has 2 amide bonds. The van der Waals surface area contributed by atoms with Crippen LogP contribution in [0.2, 0.25) is 10.0 Å². The second kappa shape index (κ2) is 11.5. The highest BCUT2D eigenvalue weighted by atomic mass is 35.5. The Hall–Kier alpha value is -2.37. The van der Waals surface area contributed by atoms with Gasteiger partial charge in [0.15, 0.2) is 0 Å². The van der Waals surface area contributed by atoms with Crippen molar-refractivity contribution < 1.29 is 14.4 Å². The van der Waals surface area contributed by atoms with Crippen molar-refractivity contribution in [2.45, 2.75) is 52.5 Å². The number of rotatable bonds is 10. The summed E-state index contributed by atoms with van der Waals surface area (Å²) in [5.74, 6) is -1.66. The Labute approximate surface area is 199 Å². The molecular formula is C25H30Cl2N2O3. The Morgan fingerprint density at radius 3 is 2.19 bits per heavy atom. The van der Waals surface area contributed by atoms with Crippen LogP contribution >= 0.6 is 23.2 Å². The number of ketones is 1. The van der Waals surface area contributed by atoms with E-state index < -0.39 is 23.3 Å². The number of amides is 2. The number of nitrogens with one attached hydrogen (secondary N) is 1. The minimum atomic E-state index is -0.808. The number of primary amides is 1. The predicted molar refractivity (Wildman–Crippen MR) is 129 cm³/mol. The number of hydrogen-bond acceptors (Lipinski definition) is 3. The molecule has 5 nitrogen and oxygen atoms in total. The second-order valence-corrected chi connectivity index (χ2v) is 9.89. The van der Waals surface area contributed by atoms with Crippen LogP contribution in [0.25, 0.3) is 0 Å². The van der Waals surface area contributed by atoms with Crippen molar-refractivity contribution in [3.8, 4) is 0 Å². The first-order valence-corrected chi connectivity index (χ1v) is 11.3. The summed E-state index contributed by atoms with van der Waals surface area (Å²) >= 11 is 12.0. The third kappa shape index (κ3) is 7.95. The molecule has 0 aliphatic heterocycles. The van der Waals surface area contributed by atoms with Crippen LogP contribution in [-0.2, 0) is 27.2 Å². The minimum absolute atomic E-state index is 0.0414. The fourth-order valence-corrected chi connectivity index (χ4v) is 3.80. The molecule has 3 N–H and O–H groups in total.